The lowest BCUT2D eigenvalue weighted by Gasteiger charge is -2.05. The third-order valence-electron chi connectivity index (χ3n) is 3.55. The van der Waals surface area contributed by atoms with Gasteiger partial charge in [0, 0.05) is 32.5 Å². The number of nitrogens with one attached hydrogen (secondary N) is 1. The average Bonchev–Trinajstić information content (AvgIpc) is 2.99. The second kappa shape index (κ2) is 5.98. The highest BCUT2D eigenvalue weighted by Crippen LogP contribution is 2.20. The first kappa shape index (κ1) is 14.9. The number of ether oxygens (including phenoxy) is 1. The van der Waals surface area contributed by atoms with E-state index in [0.717, 1.165) is 28.5 Å². The van der Waals surface area contributed by atoms with E-state index < -0.39 is 0 Å². The fourth-order valence-electron chi connectivity index (χ4n) is 2.56. The summed E-state index contributed by atoms with van der Waals surface area (Å²) in [7, 11) is 3.53. The number of nitrogens with zero attached hydrogens (tertiary/aromatic N) is 4. The molecule has 1 N–H and O–H groups in total. The number of aromatic nitrogens is 4. The molecule has 0 radical (unpaired) electrons. The highest BCUT2D eigenvalue weighted by atomic mass is 35.5. The molecule has 0 saturated heterocycles. The van der Waals surface area contributed by atoms with Gasteiger partial charge in [-0.2, -0.15) is 5.10 Å². The number of methoxy groups -OCH3 is 1. The fraction of sp³-hybridized carbons (Fsp3) is 0.333. The predicted molar refractivity (Wildman–Crippen MR) is 85.2 cm³/mol. The molecule has 3 aromatic rings. The maximum atomic E-state index is 5.98. The van der Waals surface area contributed by atoms with Crippen molar-refractivity contribution in [1.29, 1.82) is 0 Å². The molecule has 0 unspecified atom stereocenters. The molecular weight excluding hydrogens is 302 g/mol. The summed E-state index contributed by atoms with van der Waals surface area (Å²) in [5, 5.41) is 8.44. The summed E-state index contributed by atoms with van der Waals surface area (Å²) in [5.74, 6) is 0.784. The third-order valence-corrected chi connectivity index (χ3v) is 3.78. The first-order valence-electron chi connectivity index (χ1n) is 6.99. The second-order valence-corrected chi connectivity index (χ2v) is 5.58. The van der Waals surface area contributed by atoms with Crippen molar-refractivity contribution in [3.8, 4) is 5.88 Å². The van der Waals surface area contributed by atoms with Crippen molar-refractivity contribution >= 4 is 17.2 Å². The molecule has 0 saturated carbocycles. The van der Waals surface area contributed by atoms with Crippen molar-refractivity contribution in [2.75, 3.05) is 7.11 Å². The van der Waals surface area contributed by atoms with Gasteiger partial charge in [-0.3, -0.25) is 0 Å². The van der Waals surface area contributed by atoms with Crippen LogP contribution in [0.1, 0.15) is 17.0 Å². The lowest BCUT2D eigenvalue weighted by Crippen LogP contribution is -2.14. The minimum absolute atomic E-state index is 0.663. The van der Waals surface area contributed by atoms with Gasteiger partial charge in [0.05, 0.1) is 29.1 Å². The van der Waals surface area contributed by atoms with E-state index in [-0.39, 0.29) is 0 Å². The minimum atomic E-state index is 0.663. The Hall–Kier alpha value is -2.05. The van der Waals surface area contributed by atoms with Crippen molar-refractivity contribution < 1.29 is 4.74 Å². The van der Waals surface area contributed by atoms with Crippen LogP contribution in [-0.2, 0) is 20.1 Å². The summed E-state index contributed by atoms with van der Waals surface area (Å²) >= 11 is 5.98. The van der Waals surface area contributed by atoms with Gasteiger partial charge < -0.3 is 14.5 Å². The van der Waals surface area contributed by atoms with Crippen LogP contribution in [0.2, 0.25) is 5.02 Å². The van der Waals surface area contributed by atoms with Crippen molar-refractivity contribution in [2.45, 2.75) is 20.0 Å². The molecule has 0 fully saturated rings. The Bertz CT molecular complexity index is 808. The summed E-state index contributed by atoms with van der Waals surface area (Å²) in [6.45, 7) is 3.32. The third kappa shape index (κ3) is 2.80. The van der Waals surface area contributed by atoms with Crippen LogP contribution in [0.5, 0.6) is 5.88 Å². The maximum absolute atomic E-state index is 5.98. The van der Waals surface area contributed by atoms with E-state index in [2.05, 4.69) is 15.4 Å². The van der Waals surface area contributed by atoms with Crippen molar-refractivity contribution in [1.82, 2.24) is 24.5 Å². The predicted octanol–water partition coefficient (Wildman–Crippen LogP) is 2.33. The number of fused-ring (bicyclic) bond motifs is 1. The Kier molecular flexibility index (Phi) is 4.04. The van der Waals surface area contributed by atoms with Gasteiger partial charge in [-0.25, -0.2) is 9.67 Å². The standard InChI is InChI=1S/C15H18ClN5O/c1-10-13(15(22-3)20(2)19-10)7-17-6-12-9-21-8-11(16)4-5-14(21)18-12/h4-5,8-9,17H,6-7H2,1-3H3. The van der Waals surface area contributed by atoms with Gasteiger partial charge in [-0.1, -0.05) is 11.6 Å². The number of hydrogen-bond donors (Lipinski definition) is 1. The van der Waals surface area contributed by atoms with Crippen molar-refractivity contribution in [3.63, 3.8) is 0 Å². The van der Waals surface area contributed by atoms with Gasteiger partial charge in [0.25, 0.3) is 0 Å². The van der Waals surface area contributed by atoms with Gasteiger partial charge in [0.2, 0.25) is 5.88 Å². The Morgan fingerprint density at radius 1 is 1.27 bits per heavy atom. The largest absolute Gasteiger partial charge is 0.481 e. The van der Waals surface area contributed by atoms with Crippen molar-refractivity contribution in [3.05, 3.63) is 46.5 Å². The highest BCUT2D eigenvalue weighted by molar-refractivity contribution is 6.30. The zero-order valence-electron chi connectivity index (χ0n) is 12.8. The second-order valence-electron chi connectivity index (χ2n) is 5.15. The summed E-state index contributed by atoms with van der Waals surface area (Å²) in [5.41, 5.74) is 3.88. The number of rotatable bonds is 5. The molecule has 22 heavy (non-hydrogen) atoms. The summed E-state index contributed by atoms with van der Waals surface area (Å²) < 4.78 is 9.06. The van der Waals surface area contributed by atoms with E-state index in [1.165, 1.54) is 0 Å². The normalized spacial score (nSPS) is 11.3. The fourth-order valence-corrected chi connectivity index (χ4v) is 2.73. The molecule has 0 atom stereocenters. The molecule has 116 valence electrons. The van der Waals surface area contributed by atoms with Crippen LogP contribution in [0.3, 0.4) is 0 Å². The molecular formula is C15H18ClN5O. The number of hydrogen-bond acceptors (Lipinski definition) is 4. The minimum Gasteiger partial charge on any atom is -0.481 e. The zero-order valence-corrected chi connectivity index (χ0v) is 13.6. The first-order chi connectivity index (χ1) is 10.6. The van der Waals surface area contributed by atoms with Gasteiger partial charge in [0.1, 0.15) is 5.65 Å². The zero-order chi connectivity index (χ0) is 15.7. The summed E-state index contributed by atoms with van der Waals surface area (Å²) in [6.07, 6.45) is 3.82. The number of halogens is 1. The molecule has 0 spiro atoms. The molecule has 0 bridgehead atoms. The van der Waals surface area contributed by atoms with E-state index >= 15 is 0 Å². The smallest absolute Gasteiger partial charge is 0.216 e. The quantitative estimate of drug-likeness (QED) is 0.784. The molecule has 3 aromatic heterocycles. The van der Waals surface area contributed by atoms with Crippen LogP contribution < -0.4 is 10.1 Å². The molecule has 0 aliphatic heterocycles. The maximum Gasteiger partial charge on any atom is 0.216 e. The van der Waals surface area contributed by atoms with E-state index in [0.29, 0.717) is 18.1 Å². The van der Waals surface area contributed by atoms with Crippen LogP contribution in [0.4, 0.5) is 0 Å². The van der Waals surface area contributed by atoms with E-state index in [1.807, 2.05) is 42.9 Å². The lowest BCUT2D eigenvalue weighted by atomic mass is 10.2. The summed E-state index contributed by atoms with van der Waals surface area (Å²) in [4.78, 5) is 4.54. The molecule has 0 aliphatic carbocycles. The Morgan fingerprint density at radius 3 is 2.86 bits per heavy atom. The van der Waals surface area contributed by atoms with Crippen LogP contribution in [0.25, 0.3) is 5.65 Å². The number of pyridine rings is 1. The van der Waals surface area contributed by atoms with Crippen LogP contribution >= 0.6 is 11.6 Å². The van der Waals surface area contributed by atoms with E-state index in [1.54, 1.807) is 11.8 Å². The summed E-state index contributed by atoms with van der Waals surface area (Å²) in [6, 6.07) is 3.74. The first-order valence-corrected chi connectivity index (χ1v) is 7.36. The van der Waals surface area contributed by atoms with Crippen LogP contribution in [-0.4, -0.2) is 26.3 Å². The van der Waals surface area contributed by atoms with E-state index in [4.69, 9.17) is 16.3 Å². The number of aryl methyl sites for hydroxylation is 2. The lowest BCUT2D eigenvalue weighted by molar-refractivity contribution is 0.368. The molecule has 7 heteroatoms. The SMILES string of the molecule is COc1c(CNCc2cn3cc(Cl)ccc3n2)c(C)nn1C. The van der Waals surface area contributed by atoms with Crippen molar-refractivity contribution in [2.24, 2.45) is 7.05 Å². The average molecular weight is 320 g/mol. The van der Waals surface area contributed by atoms with Crippen LogP contribution in [0.15, 0.2) is 24.5 Å². The van der Waals surface area contributed by atoms with Gasteiger partial charge in [0.15, 0.2) is 0 Å². The topological polar surface area (TPSA) is 56.4 Å². The highest BCUT2D eigenvalue weighted by Gasteiger charge is 2.13. The monoisotopic (exact) mass is 319 g/mol. The molecule has 0 aliphatic rings. The van der Waals surface area contributed by atoms with Gasteiger partial charge >= 0.3 is 0 Å². The van der Waals surface area contributed by atoms with Crippen LogP contribution in [0, 0.1) is 6.92 Å². The number of imidazole rings is 1. The van der Waals surface area contributed by atoms with Gasteiger partial charge in [-0.15, -0.1) is 0 Å². The Balaban J connectivity index is 1.70. The van der Waals surface area contributed by atoms with Gasteiger partial charge in [-0.05, 0) is 19.1 Å². The molecule has 0 aromatic carbocycles. The molecule has 3 heterocycles. The molecule has 6 nitrogen and oxygen atoms in total. The Morgan fingerprint density at radius 2 is 2.09 bits per heavy atom. The van der Waals surface area contributed by atoms with E-state index in [9.17, 15) is 0 Å². The Labute approximate surface area is 133 Å². The molecule has 0 amide bonds. The molecule has 3 rings (SSSR count).